The van der Waals surface area contributed by atoms with E-state index in [2.05, 4.69) is 10.6 Å². The molecule has 1 unspecified atom stereocenters. The molecule has 0 aromatic heterocycles. The van der Waals surface area contributed by atoms with Gasteiger partial charge >= 0.3 is 0 Å². The van der Waals surface area contributed by atoms with E-state index < -0.39 is 9.75 Å². The topological polar surface area (TPSA) is 58.2 Å². The zero-order valence-corrected chi connectivity index (χ0v) is 12.8. The highest BCUT2D eigenvalue weighted by atomic mass is 35.5. The van der Waals surface area contributed by atoms with Gasteiger partial charge in [0.25, 0.3) is 5.91 Å². The van der Waals surface area contributed by atoms with Crippen LogP contribution in [0.5, 0.6) is 0 Å². The summed E-state index contributed by atoms with van der Waals surface area (Å²) < 4.78 is -0.958. The third-order valence-electron chi connectivity index (χ3n) is 3.66. The Labute approximate surface area is 127 Å². The van der Waals surface area contributed by atoms with Crippen LogP contribution in [0.3, 0.4) is 0 Å². The molecule has 1 atom stereocenters. The summed E-state index contributed by atoms with van der Waals surface area (Å²) in [5.74, 6) is -0.294. The summed E-state index contributed by atoms with van der Waals surface area (Å²) in [6, 6.07) is 7.03. The van der Waals surface area contributed by atoms with Gasteiger partial charge in [0.05, 0.1) is 5.41 Å². The first-order valence-electron chi connectivity index (χ1n) is 6.27. The van der Waals surface area contributed by atoms with Crippen LogP contribution in [0.1, 0.15) is 29.3 Å². The second-order valence-corrected chi connectivity index (χ2v) is 6.66. The fraction of sp³-hybridized carbons (Fsp3) is 0.429. The minimum absolute atomic E-state index is 0.139. The van der Waals surface area contributed by atoms with Gasteiger partial charge in [0, 0.05) is 19.2 Å². The average Bonchev–Trinajstić information content (AvgIpc) is 2.96. The fourth-order valence-electron chi connectivity index (χ4n) is 1.94. The van der Waals surface area contributed by atoms with E-state index in [4.69, 9.17) is 23.2 Å². The van der Waals surface area contributed by atoms with E-state index in [1.165, 1.54) is 0 Å². The summed E-state index contributed by atoms with van der Waals surface area (Å²) >= 11 is 11.9. The Hall–Kier alpha value is -1.26. The number of amides is 2. The van der Waals surface area contributed by atoms with Crippen molar-refractivity contribution in [2.45, 2.75) is 24.2 Å². The molecular formula is C14H16Cl2N2O2. The summed E-state index contributed by atoms with van der Waals surface area (Å²) in [5.41, 5.74) is 0.778. The lowest BCUT2D eigenvalue weighted by Crippen LogP contribution is -2.32. The Morgan fingerprint density at radius 2 is 1.80 bits per heavy atom. The smallest absolute Gasteiger partial charge is 0.251 e. The van der Waals surface area contributed by atoms with Crippen LogP contribution in [0, 0.1) is 5.41 Å². The third kappa shape index (κ3) is 2.76. The van der Waals surface area contributed by atoms with Crippen molar-refractivity contribution in [1.29, 1.82) is 0 Å². The van der Waals surface area contributed by atoms with Crippen molar-refractivity contribution in [3.05, 3.63) is 35.4 Å². The molecule has 1 aromatic rings. The highest BCUT2D eigenvalue weighted by Gasteiger charge is 2.67. The Morgan fingerprint density at radius 3 is 2.25 bits per heavy atom. The largest absolute Gasteiger partial charge is 0.355 e. The van der Waals surface area contributed by atoms with Gasteiger partial charge in [-0.3, -0.25) is 9.59 Å². The second-order valence-electron chi connectivity index (χ2n) is 5.17. The minimum Gasteiger partial charge on any atom is -0.355 e. The van der Waals surface area contributed by atoms with Crippen molar-refractivity contribution in [2.75, 3.05) is 7.05 Å². The molecule has 0 heterocycles. The number of hydrogen-bond acceptors (Lipinski definition) is 2. The van der Waals surface area contributed by atoms with Crippen LogP contribution in [0.4, 0.5) is 0 Å². The van der Waals surface area contributed by atoms with Crippen LogP contribution in [0.25, 0.3) is 0 Å². The molecule has 1 saturated carbocycles. The van der Waals surface area contributed by atoms with Gasteiger partial charge in [-0.15, -0.1) is 23.2 Å². The molecule has 1 aliphatic carbocycles. The van der Waals surface area contributed by atoms with Crippen LogP contribution in [0.2, 0.25) is 0 Å². The fourth-order valence-corrected chi connectivity index (χ4v) is 2.65. The first-order chi connectivity index (χ1) is 9.30. The van der Waals surface area contributed by atoms with Gasteiger partial charge in [-0.1, -0.05) is 12.1 Å². The van der Waals surface area contributed by atoms with Gasteiger partial charge in [-0.2, -0.15) is 0 Å². The summed E-state index contributed by atoms with van der Waals surface area (Å²) in [5, 5.41) is 5.36. The van der Waals surface area contributed by atoms with Crippen molar-refractivity contribution >= 4 is 35.0 Å². The van der Waals surface area contributed by atoms with E-state index >= 15 is 0 Å². The maximum atomic E-state index is 12.0. The van der Waals surface area contributed by atoms with E-state index in [0.717, 1.165) is 5.56 Å². The molecule has 0 spiro atoms. The molecule has 0 bridgehead atoms. The first kappa shape index (κ1) is 15.1. The van der Waals surface area contributed by atoms with E-state index in [1.54, 1.807) is 38.2 Å². The van der Waals surface area contributed by atoms with Crippen LogP contribution in [-0.4, -0.2) is 23.2 Å². The lowest BCUT2D eigenvalue weighted by molar-refractivity contribution is -0.125. The Kier molecular flexibility index (Phi) is 3.98. The van der Waals surface area contributed by atoms with Crippen LogP contribution < -0.4 is 10.6 Å². The van der Waals surface area contributed by atoms with Gasteiger partial charge in [0.1, 0.15) is 4.33 Å². The van der Waals surface area contributed by atoms with Crippen molar-refractivity contribution < 1.29 is 9.59 Å². The van der Waals surface area contributed by atoms with Gasteiger partial charge in [-0.25, -0.2) is 0 Å². The van der Waals surface area contributed by atoms with Gasteiger partial charge in [0.2, 0.25) is 5.91 Å². The summed E-state index contributed by atoms with van der Waals surface area (Å²) in [6.07, 6.45) is 0.463. The molecule has 2 rings (SSSR count). The number of benzene rings is 1. The minimum atomic E-state index is -0.958. The third-order valence-corrected chi connectivity index (χ3v) is 4.76. The number of carbonyl (C=O) groups is 2. The molecule has 20 heavy (non-hydrogen) atoms. The number of carbonyl (C=O) groups excluding carboxylic acids is 2. The molecule has 1 aliphatic rings. The summed E-state index contributed by atoms with van der Waals surface area (Å²) in [7, 11) is 1.58. The van der Waals surface area contributed by atoms with Crippen LogP contribution in [0.15, 0.2) is 24.3 Å². The first-order valence-corrected chi connectivity index (χ1v) is 7.03. The van der Waals surface area contributed by atoms with Gasteiger partial charge in [-0.05, 0) is 31.0 Å². The number of nitrogens with one attached hydrogen (secondary N) is 2. The zero-order chi connectivity index (χ0) is 15.0. The van der Waals surface area contributed by atoms with Crippen molar-refractivity contribution in [2.24, 2.45) is 5.41 Å². The van der Waals surface area contributed by atoms with Crippen LogP contribution in [-0.2, 0) is 11.3 Å². The number of hydrogen-bond donors (Lipinski definition) is 2. The predicted octanol–water partition coefficient (Wildman–Crippen LogP) is 2.25. The van der Waals surface area contributed by atoms with E-state index in [-0.39, 0.29) is 11.8 Å². The maximum Gasteiger partial charge on any atom is 0.251 e. The second kappa shape index (κ2) is 5.26. The van der Waals surface area contributed by atoms with Crippen LogP contribution >= 0.6 is 23.2 Å². The lowest BCUT2D eigenvalue weighted by atomic mass is 10.1. The Balaban J connectivity index is 1.92. The van der Waals surface area contributed by atoms with E-state index in [1.807, 2.05) is 0 Å². The number of alkyl halides is 2. The highest BCUT2D eigenvalue weighted by molar-refractivity contribution is 6.53. The Bertz CT molecular complexity index is 543. The number of rotatable bonds is 4. The molecule has 2 N–H and O–H groups in total. The van der Waals surface area contributed by atoms with Crippen molar-refractivity contribution in [3.63, 3.8) is 0 Å². The van der Waals surface area contributed by atoms with Crippen molar-refractivity contribution in [1.82, 2.24) is 10.6 Å². The van der Waals surface area contributed by atoms with E-state index in [9.17, 15) is 9.59 Å². The summed E-state index contributed by atoms with van der Waals surface area (Å²) in [4.78, 5) is 23.4. The summed E-state index contributed by atoms with van der Waals surface area (Å²) in [6.45, 7) is 2.13. The SMILES string of the molecule is CNC(=O)c1ccc(CNC(=O)C2(C)CC2(Cl)Cl)cc1. The highest BCUT2D eigenvalue weighted by Crippen LogP contribution is 2.63. The number of halogens is 2. The molecule has 108 valence electrons. The standard InChI is InChI=1S/C14H16Cl2N2O2/c1-13(8-14(13,15)16)12(20)18-7-9-3-5-10(6-4-9)11(19)17-2/h3-6H,7-8H2,1-2H3,(H,17,19)(H,18,20). The normalized spacial score (nSPS) is 23.0. The molecule has 1 aromatic carbocycles. The molecular weight excluding hydrogens is 299 g/mol. The molecule has 6 heteroatoms. The molecule has 0 radical (unpaired) electrons. The molecule has 1 fully saturated rings. The average molecular weight is 315 g/mol. The molecule has 0 saturated heterocycles. The van der Waals surface area contributed by atoms with Crippen molar-refractivity contribution in [3.8, 4) is 0 Å². The molecule has 0 aliphatic heterocycles. The monoisotopic (exact) mass is 314 g/mol. The zero-order valence-electron chi connectivity index (χ0n) is 11.3. The quantitative estimate of drug-likeness (QED) is 0.837. The molecule has 2 amide bonds. The van der Waals surface area contributed by atoms with Gasteiger partial charge < -0.3 is 10.6 Å². The lowest BCUT2D eigenvalue weighted by Gasteiger charge is -2.12. The maximum absolute atomic E-state index is 12.0. The Morgan fingerprint density at radius 1 is 1.25 bits per heavy atom. The van der Waals surface area contributed by atoms with Gasteiger partial charge in [0.15, 0.2) is 0 Å². The molecule has 4 nitrogen and oxygen atoms in total. The van der Waals surface area contributed by atoms with E-state index in [0.29, 0.717) is 18.5 Å². The predicted molar refractivity (Wildman–Crippen MR) is 78.8 cm³/mol.